The Bertz CT molecular complexity index is 543. The van der Waals surface area contributed by atoms with E-state index in [1.54, 1.807) is 31.5 Å². The molecule has 0 aliphatic rings. The van der Waals surface area contributed by atoms with Gasteiger partial charge in [0.05, 0.1) is 0 Å². The van der Waals surface area contributed by atoms with E-state index < -0.39 is 0 Å². The predicted octanol–water partition coefficient (Wildman–Crippen LogP) is 3.00. The molecule has 19 heavy (non-hydrogen) atoms. The van der Waals surface area contributed by atoms with E-state index in [0.717, 1.165) is 5.56 Å². The van der Waals surface area contributed by atoms with Crippen molar-refractivity contribution in [2.45, 2.75) is 26.0 Å². The molecule has 0 spiro atoms. The van der Waals surface area contributed by atoms with Crippen LogP contribution in [0.15, 0.2) is 42.7 Å². The summed E-state index contributed by atoms with van der Waals surface area (Å²) in [5, 5.41) is 0. The monoisotopic (exact) mass is 260 g/mol. The fourth-order valence-electron chi connectivity index (χ4n) is 1.86. The Morgan fingerprint density at radius 1 is 1.32 bits per heavy atom. The molecule has 0 aliphatic heterocycles. The van der Waals surface area contributed by atoms with Crippen LogP contribution >= 0.6 is 0 Å². The summed E-state index contributed by atoms with van der Waals surface area (Å²) in [7, 11) is 0. The first-order valence-electron chi connectivity index (χ1n) is 6.16. The Morgan fingerprint density at radius 2 is 2.11 bits per heavy atom. The smallest absolute Gasteiger partial charge is 0.140 e. The molecule has 0 saturated heterocycles. The van der Waals surface area contributed by atoms with Gasteiger partial charge in [-0.15, -0.1) is 0 Å². The van der Waals surface area contributed by atoms with Crippen molar-refractivity contribution in [3.8, 4) is 5.75 Å². The second-order valence-corrected chi connectivity index (χ2v) is 4.59. The molecular formula is C15H17FN2O. The number of hydrogen-bond acceptors (Lipinski definition) is 3. The molecule has 2 atom stereocenters. The summed E-state index contributed by atoms with van der Waals surface area (Å²) in [6.45, 7) is 3.57. The van der Waals surface area contributed by atoms with Crippen molar-refractivity contribution in [1.29, 1.82) is 0 Å². The summed E-state index contributed by atoms with van der Waals surface area (Å²) < 4.78 is 19.1. The van der Waals surface area contributed by atoms with Crippen molar-refractivity contribution in [1.82, 2.24) is 4.98 Å². The number of aromatic nitrogens is 1. The predicted molar refractivity (Wildman–Crippen MR) is 72.4 cm³/mol. The quantitative estimate of drug-likeness (QED) is 0.919. The number of nitrogens with two attached hydrogens (primary N) is 1. The standard InChI is InChI=1S/C15H17FN2O/c1-10-8-13(5-6-14(10)16)19-15(11(2)17)12-4-3-7-18-9-12/h3-9,11,15H,17H2,1-2H3. The maximum Gasteiger partial charge on any atom is 0.140 e. The molecule has 0 fully saturated rings. The van der Waals surface area contributed by atoms with E-state index in [9.17, 15) is 4.39 Å². The average molecular weight is 260 g/mol. The average Bonchev–Trinajstić information content (AvgIpc) is 2.40. The van der Waals surface area contributed by atoms with Crippen molar-refractivity contribution in [2.75, 3.05) is 0 Å². The molecule has 0 aliphatic carbocycles. The van der Waals surface area contributed by atoms with Gasteiger partial charge >= 0.3 is 0 Å². The Labute approximate surface area is 112 Å². The van der Waals surface area contributed by atoms with Gasteiger partial charge in [-0.1, -0.05) is 6.07 Å². The van der Waals surface area contributed by atoms with Crippen molar-refractivity contribution < 1.29 is 9.13 Å². The van der Waals surface area contributed by atoms with Crippen LogP contribution in [0.4, 0.5) is 4.39 Å². The minimum atomic E-state index is -0.307. The zero-order valence-electron chi connectivity index (χ0n) is 11.0. The highest BCUT2D eigenvalue weighted by Crippen LogP contribution is 2.25. The summed E-state index contributed by atoms with van der Waals surface area (Å²) in [4.78, 5) is 4.07. The van der Waals surface area contributed by atoms with Gasteiger partial charge < -0.3 is 10.5 Å². The number of pyridine rings is 1. The number of aryl methyl sites for hydroxylation is 1. The first-order valence-corrected chi connectivity index (χ1v) is 6.16. The van der Waals surface area contributed by atoms with Crippen LogP contribution in [0, 0.1) is 12.7 Å². The fourth-order valence-corrected chi connectivity index (χ4v) is 1.86. The molecule has 0 saturated carbocycles. The fraction of sp³-hybridized carbons (Fsp3) is 0.267. The maximum absolute atomic E-state index is 13.2. The second-order valence-electron chi connectivity index (χ2n) is 4.59. The molecule has 0 amide bonds. The molecule has 1 aromatic carbocycles. The number of rotatable bonds is 4. The summed E-state index contributed by atoms with van der Waals surface area (Å²) in [5.74, 6) is 0.358. The van der Waals surface area contributed by atoms with Gasteiger partial charge in [-0.25, -0.2) is 4.39 Å². The molecule has 2 unspecified atom stereocenters. The van der Waals surface area contributed by atoms with Crippen molar-refractivity contribution in [3.05, 3.63) is 59.7 Å². The lowest BCUT2D eigenvalue weighted by Crippen LogP contribution is -2.29. The number of hydrogen-bond donors (Lipinski definition) is 1. The van der Waals surface area contributed by atoms with Crippen LogP contribution < -0.4 is 10.5 Å². The molecule has 0 bridgehead atoms. The van der Waals surface area contributed by atoms with E-state index in [-0.39, 0.29) is 18.0 Å². The lowest BCUT2D eigenvalue weighted by molar-refractivity contribution is 0.180. The molecule has 0 radical (unpaired) electrons. The molecule has 100 valence electrons. The van der Waals surface area contributed by atoms with Gasteiger partial charge in [0, 0.05) is 24.0 Å². The number of halogens is 1. The maximum atomic E-state index is 13.2. The van der Waals surface area contributed by atoms with Gasteiger partial charge in [-0.2, -0.15) is 0 Å². The Kier molecular flexibility index (Phi) is 4.12. The highest BCUT2D eigenvalue weighted by molar-refractivity contribution is 5.30. The third-order valence-electron chi connectivity index (χ3n) is 2.88. The largest absolute Gasteiger partial charge is 0.484 e. The van der Waals surface area contributed by atoms with E-state index in [2.05, 4.69) is 4.98 Å². The molecule has 3 nitrogen and oxygen atoms in total. The Hall–Kier alpha value is -1.94. The molecule has 2 N–H and O–H groups in total. The first kappa shape index (κ1) is 13.5. The van der Waals surface area contributed by atoms with Crippen LogP contribution in [0.5, 0.6) is 5.75 Å². The van der Waals surface area contributed by atoms with Gasteiger partial charge in [0.1, 0.15) is 17.7 Å². The number of benzene rings is 1. The summed E-state index contributed by atoms with van der Waals surface area (Å²) in [6, 6.07) is 8.22. The topological polar surface area (TPSA) is 48.1 Å². The van der Waals surface area contributed by atoms with Crippen LogP contribution in [-0.4, -0.2) is 11.0 Å². The van der Waals surface area contributed by atoms with Gasteiger partial charge in [0.25, 0.3) is 0 Å². The van der Waals surface area contributed by atoms with Crippen LogP contribution in [0.25, 0.3) is 0 Å². The molecule has 1 aromatic heterocycles. The van der Waals surface area contributed by atoms with E-state index in [1.807, 2.05) is 19.1 Å². The first-order chi connectivity index (χ1) is 9.08. The minimum absolute atomic E-state index is 0.199. The van der Waals surface area contributed by atoms with Crippen molar-refractivity contribution in [3.63, 3.8) is 0 Å². The van der Waals surface area contributed by atoms with E-state index in [4.69, 9.17) is 10.5 Å². The second kappa shape index (κ2) is 5.80. The van der Waals surface area contributed by atoms with Crippen LogP contribution in [0.1, 0.15) is 24.2 Å². The van der Waals surface area contributed by atoms with Crippen LogP contribution in [0.2, 0.25) is 0 Å². The molecule has 1 heterocycles. The van der Waals surface area contributed by atoms with Gasteiger partial charge in [0.15, 0.2) is 0 Å². The third-order valence-corrected chi connectivity index (χ3v) is 2.88. The zero-order valence-corrected chi connectivity index (χ0v) is 11.0. The summed E-state index contributed by atoms with van der Waals surface area (Å²) >= 11 is 0. The highest BCUT2D eigenvalue weighted by Gasteiger charge is 2.18. The van der Waals surface area contributed by atoms with Crippen LogP contribution in [0.3, 0.4) is 0 Å². The summed E-state index contributed by atoms with van der Waals surface area (Å²) in [5.41, 5.74) is 7.41. The van der Waals surface area contributed by atoms with E-state index in [1.165, 1.54) is 6.07 Å². The summed E-state index contributed by atoms with van der Waals surface area (Å²) in [6.07, 6.45) is 3.12. The SMILES string of the molecule is Cc1cc(OC(c2cccnc2)C(C)N)ccc1F. The third kappa shape index (κ3) is 3.29. The Morgan fingerprint density at radius 3 is 2.68 bits per heavy atom. The molecule has 2 aromatic rings. The van der Waals surface area contributed by atoms with Gasteiger partial charge in [-0.05, 0) is 43.7 Å². The lowest BCUT2D eigenvalue weighted by Gasteiger charge is -2.22. The Balaban J connectivity index is 2.24. The normalized spacial score (nSPS) is 13.9. The molecule has 4 heteroatoms. The van der Waals surface area contributed by atoms with Crippen molar-refractivity contribution >= 4 is 0 Å². The number of ether oxygens (including phenoxy) is 1. The van der Waals surface area contributed by atoms with Crippen LogP contribution in [-0.2, 0) is 0 Å². The van der Waals surface area contributed by atoms with E-state index in [0.29, 0.717) is 11.3 Å². The van der Waals surface area contributed by atoms with Gasteiger partial charge in [0.2, 0.25) is 0 Å². The minimum Gasteiger partial charge on any atom is -0.484 e. The molecular weight excluding hydrogens is 243 g/mol. The molecule has 2 rings (SSSR count). The lowest BCUT2D eigenvalue weighted by atomic mass is 10.1. The number of nitrogens with zero attached hydrogens (tertiary/aromatic N) is 1. The zero-order chi connectivity index (χ0) is 13.8. The highest BCUT2D eigenvalue weighted by atomic mass is 19.1. The van der Waals surface area contributed by atoms with Gasteiger partial charge in [-0.3, -0.25) is 4.98 Å². The van der Waals surface area contributed by atoms with Crippen molar-refractivity contribution in [2.24, 2.45) is 5.73 Å². The van der Waals surface area contributed by atoms with E-state index >= 15 is 0 Å².